The molecule has 0 saturated carbocycles. The highest BCUT2D eigenvalue weighted by Gasteiger charge is 2.24. The molecular weight excluding hydrogens is 260 g/mol. The summed E-state index contributed by atoms with van der Waals surface area (Å²) in [6, 6.07) is 6.80. The molecule has 1 fully saturated rings. The van der Waals surface area contributed by atoms with Gasteiger partial charge in [-0.05, 0) is 57.3 Å². The molecule has 2 atom stereocenters. The second kappa shape index (κ2) is 6.48. The number of likely N-dealkylation sites (tertiary alicyclic amines) is 1. The Morgan fingerprint density at radius 1 is 1.48 bits per heavy atom. The maximum atomic E-state index is 4.14. The van der Waals surface area contributed by atoms with E-state index in [1.165, 1.54) is 50.0 Å². The number of piperidine rings is 1. The van der Waals surface area contributed by atoms with E-state index in [1.807, 2.05) is 6.20 Å². The van der Waals surface area contributed by atoms with Gasteiger partial charge in [0, 0.05) is 23.7 Å². The molecule has 1 aliphatic rings. The van der Waals surface area contributed by atoms with Crippen LogP contribution in [0.15, 0.2) is 24.4 Å². The minimum absolute atomic E-state index is 0.491. The Morgan fingerprint density at radius 3 is 3.24 bits per heavy atom. The topological polar surface area (TPSA) is 44.0 Å². The highest BCUT2D eigenvalue weighted by Crippen LogP contribution is 2.26. The molecule has 2 aromatic rings. The molecule has 0 bridgehead atoms. The Kier molecular flexibility index (Phi) is 4.44. The van der Waals surface area contributed by atoms with Crippen LogP contribution in [0.4, 0.5) is 5.69 Å². The molecule has 0 radical (unpaired) electrons. The third-order valence-corrected chi connectivity index (χ3v) is 4.66. The number of hydrogen-bond acceptors (Lipinski definition) is 3. The fourth-order valence-electron chi connectivity index (χ4n) is 3.48. The van der Waals surface area contributed by atoms with Gasteiger partial charge in [0.15, 0.2) is 0 Å². The monoisotopic (exact) mass is 286 g/mol. The highest BCUT2D eigenvalue weighted by atomic mass is 15.1. The predicted octanol–water partition coefficient (Wildman–Crippen LogP) is 3.49. The molecule has 4 nitrogen and oxygen atoms in total. The second-order valence-electron chi connectivity index (χ2n) is 6.27. The summed E-state index contributed by atoms with van der Waals surface area (Å²) in [6.07, 6.45) is 5.82. The van der Waals surface area contributed by atoms with Crippen molar-refractivity contribution < 1.29 is 0 Å². The van der Waals surface area contributed by atoms with E-state index in [1.54, 1.807) is 0 Å². The predicted molar refractivity (Wildman–Crippen MR) is 88.6 cm³/mol. The molecule has 0 spiro atoms. The first kappa shape index (κ1) is 14.4. The average Bonchev–Trinajstić information content (AvgIpc) is 2.97. The smallest absolute Gasteiger partial charge is 0.0671 e. The molecule has 1 aromatic heterocycles. The van der Waals surface area contributed by atoms with Crippen LogP contribution in [0, 0.1) is 5.92 Å². The maximum Gasteiger partial charge on any atom is 0.0671 e. The van der Waals surface area contributed by atoms with E-state index in [0.717, 1.165) is 11.4 Å². The molecule has 21 heavy (non-hydrogen) atoms. The van der Waals surface area contributed by atoms with Gasteiger partial charge in [-0.3, -0.25) is 5.10 Å². The van der Waals surface area contributed by atoms with Gasteiger partial charge in [0.2, 0.25) is 0 Å². The lowest BCUT2D eigenvalue weighted by Crippen LogP contribution is -2.42. The summed E-state index contributed by atoms with van der Waals surface area (Å²) in [5.74, 6) is 0.729. The summed E-state index contributed by atoms with van der Waals surface area (Å²) in [5.41, 5.74) is 2.30. The van der Waals surface area contributed by atoms with Gasteiger partial charge in [0.05, 0.1) is 11.7 Å². The lowest BCUT2D eigenvalue weighted by atomic mass is 9.91. The fraction of sp³-hybridized carbons (Fsp3) is 0.588. The third kappa shape index (κ3) is 3.21. The van der Waals surface area contributed by atoms with E-state index in [9.17, 15) is 0 Å². The van der Waals surface area contributed by atoms with Crippen molar-refractivity contribution in [2.24, 2.45) is 5.92 Å². The zero-order chi connectivity index (χ0) is 14.7. The van der Waals surface area contributed by atoms with E-state index in [4.69, 9.17) is 0 Å². The minimum Gasteiger partial charge on any atom is -0.382 e. The number of aromatic amines is 1. The van der Waals surface area contributed by atoms with Crippen LogP contribution < -0.4 is 5.32 Å². The van der Waals surface area contributed by atoms with Gasteiger partial charge in [0.1, 0.15) is 0 Å². The van der Waals surface area contributed by atoms with Crippen LogP contribution in [-0.2, 0) is 0 Å². The molecule has 2 heterocycles. The van der Waals surface area contributed by atoms with Gasteiger partial charge in [-0.15, -0.1) is 0 Å². The number of benzene rings is 1. The first-order chi connectivity index (χ1) is 10.3. The van der Waals surface area contributed by atoms with Crippen molar-refractivity contribution in [1.29, 1.82) is 0 Å². The number of rotatable bonds is 5. The molecule has 2 unspecified atom stereocenters. The van der Waals surface area contributed by atoms with E-state index >= 15 is 0 Å². The Labute approximate surface area is 126 Å². The quantitative estimate of drug-likeness (QED) is 0.884. The van der Waals surface area contributed by atoms with Crippen molar-refractivity contribution in [3.8, 4) is 0 Å². The van der Waals surface area contributed by atoms with Gasteiger partial charge in [-0.25, -0.2) is 0 Å². The Morgan fingerprint density at radius 2 is 2.38 bits per heavy atom. The van der Waals surface area contributed by atoms with Crippen molar-refractivity contribution in [1.82, 2.24) is 15.1 Å². The zero-order valence-electron chi connectivity index (χ0n) is 13.1. The molecule has 2 N–H and O–H groups in total. The minimum atomic E-state index is 0.491. The zero-order valence-corrected chi connectivity index (χ0v) is 13.1. The fourth-order valence-corrected chi connectivity index (χ4v) is 3.48. The molecule has 0 amide bonds. The van der Waals surface area contributed by atoms with E-state index in [2.05, 4.69) is 52.5 Å². The number of aromatic nitrogens is 2. The van der Waals surface area contributed by atoms with Crippen molar-refractivity contribution in [3.63, 3.8) is 0 Å². The van der Waals surface area contributed by atoms with Crippen molar-refractivity contribution in [2.45, 2.75) is 39.2 Å². The number of nitrogens with zero attached hydrogens (tertiary/aromatic N) is 2. The van der Waals surface area contributed by atoms with Crippen LogP contribution in [0.2, 0.25) is 0 Å². The summed E-state index contributed by atoms with van der Waals surface area (Å²) < 4.78 is 0. The molecule has 1 saturated heterocycles. The largest absolute Gasteiger partial charge is 0.382 e. The highest BCUT2D eigenvalue weighted by molar-refractivity contribution is 5.90. The van der Waals surface area contributed by atoms with Crippen LogP contribution in [0.5, 0.6) is 0 Å². The van der Waals surface area contributed by atoms with E-state index < -0.39 is 0 Å². The van der Waals surface area contributed by atoms with Crippen LogP contribution in [0.1, 0.15) is 33.1 Å². The number of fused-ring (bicyclic) bond motifs is 1. The van der Waals surface area contributed by atoms with Crippen molar-refractivity contribution in [2.75, 3.05) is 25.0 Å². The summed E-state index contributed by atoms with van der Waals surface area (Å²) in [4.78, 5) is 2.62. The Hall–Kier alpha value is -1.55. The SMILES string of the molecule is CCCN1CCCC(C(C)Nc2cccc3[nH]ncc23)C1. The molecule has 1 aliphatic heterocycles. The molecule has 114 valence electrons. The summed E-state index contributed by atoms with van der Waals surface area (Å²) in [7, 11) is 0. The standard InChI is InChI=1S/C17H26N4/c1-3-9-21-10-5-6-14(12-21)13(2)19-16-7-4-8-17-15(16)11-18-20-17/h4,7-8,11,13-14,19H,3,5-6,9-10,12H2,1-2H3,(H,18,20). The van der Waals surface area contributed by atoms with Crippen molar-refractivity contribution in [3.05, 3.63) is 24.4 Å². The number of anilines is 1. The van der Waals surface area contributed by atoms with Crippen molar-refractivity contribution >= 4 is 16.6 Å². The van der Waals surface area contributed by atoms with Gasteiger partial charge in [-0.2, -0.15) is 5.10 Å². The number of hydrogen-bond donors (Lipinski definition) is 2. The molecule has 4 heteroatoms. The number of H-pyrrole nitrogens is 1. The maximum absolute atomic E-state index is 4.14. The van der Waals surface area contributed by atoms with Gasteiger partial charge < -0.3 is 10.2 Å². The number of nitrogens with one attached hydrogen (secondary N) is 2. The summed E-state index contributed by atoms with van der Waals surface area (Å²) in [6.45, 7) is 8.32. The first-order valence-electron chi connectivity index (χ1n) is 8.19. The summed E-state index contributed by atoms with van der Waals surface area (Å²) >= 11 is 0. The van der Waals surface area contributed by atoms with Gasteiger partial charge >= 0.3 is 0 Å². The molecule has 3 rings (SSSR count). The third-order valence-electron chi connectivity index (χ3n) is 4.66. The van der Waals surface area contributed by atoms with Gasteiger partial charge in [0.25, 0.3) is 0 Å². The van der Waals surface area contributed by atoms with Crippen LogP contribution in [0.25, 0.3) is 10.9 Å². The Balaban J connectivity index is 1.68. The first-order valence-corrected chi connectivity index (χ1v) is 8.19. The molecule has 1 aromatic carbocycles. The normalized spacial score (nSPS) is 21.5. The van der Waals surface area contributed by atoms with Crippen LogP contribution in [0.3, 0.4) is 0 Å². The van der Waals surface area contributed by atoms with Crippen LogP contribution >= 0.6 is 0 Å². The van der Waals surface area contributed by atoms with E-state index in [-0.39, 0.29) is 0 Å². The average molecular weight is 286 g/mol. The molecular formula is C17H26N4. The lowest BCUT2D eigenvalue weighted by molar-refractivity contribution is 0.165. The second-order valence-corrected chi connectivity index (χ2v) is 6.27. The Bertz CT molecular complexity index is 575. The molecule has 0 aliphatic carbocycles. The summed E-state index contributed by atoms with van der Waals surface area (Å²) in [5, 5.41) is 12.1. The van der Waals surface area contributed by atoms with Crippen LogP contribution in [-0.4, -0.2) is 40.8 Å². The van der Waals surface area contributed by atoms with E-state index in [0.29, 0.717) is 6.04 Å². The van der Waals surface area contributed by atoms with Gasteiger partial charge in [-0.1, -0.05) is 13.0 Å². The lowest BCUT2D eigenvalue weighted by Gasteiger charge is -2.36.